The summed E-state index contributed by atoms with van der Waals surface area (Å²) in [6.07, 6.45) is 0. The average Bonchev–Trinajstić information content (AvgIpc) is 2.73. The van der Waals surface area contributed by atoms with Gasteiger partial charge in [-0.15, -0.1) is 0 Å². The van der Waals surface area contributed by atoms with Gasteiger partial charge in [-0.3, -0.25) is 0 Å². The maximum atomic E-state index is 6.12. The fourth-order valence-electron chi connectivity index (χ4n) is 1.59. The summed E-state index contributed by atoms with van der Waals surface area (Å²) in [5.41, 5.74) is 8.36. The van der Waals surface area contributed by atoms with Crippen molar-refractivity contribution in [2.24, 2.45) is 5.73 Å². The zero-order chi connectivity index (χ0) is 10.1. The SMILES string of the molecule is Cc1cc(C(N)c2ccsc2)c(C)o1. The molecule has 0 aliphatic rings. The molecule has 1 unspecified atom stereocenters. The van der Waals surface area contributed by atoms with Crippen molar-refractivity contribution in [2.75, 3.05) is 0 Å². The lowest BCUT2D eigenvalue weighted by molar-refractivity contribution is 0.499. The Morgan fingerprint density at radius 2 is 2.21 bits per heavy atom. The van der Waals surface area contributed by atoms with Crippen LogP contribution in [0.1, 0.15) is 28.7 Å². The molecule has 0 aromatic carbocycles. The second-order valence-electron chi connectivity index (χ2n) is 3.40. The van der Waals surface area contributed by atoms with Crippen molar-refractivity contribution in [3.8, 4) is 0 Å². The highest BCUT2D eigenvalue weighted by atomic mass is 32.1. The first kappa shape index (κ1) is 9.49. The van der Waals surface area contributed by atoms with Gasteiger partial charge in [0.05, 0.1) is 6.04 Å². The number of aryl methyl sites for hydroxylation is 2. The van der Waals surface area contributed by atoms with E-state index in [-0.39, 0.29) is 6.04 Å². The van der Waals surface area contributed by atoms with Gasteiger partial charge in [-0.2, -0.15) is 11.3 Å². The molecule has 2 rings (SSSR count). The molecule has 0 saturated heterocycles. The van der Waals surface area contributed by atoms with Crippen LogP contribution in [0, 0.1) is 13.8 Å². The molecule has 2 aromatic heterocycles. The smallest absolute Gasteiger partial charge is 0.106 e. The summed E-state index contributed by atoms with van der Waals surface area (Å²) >= 11 is 1.66. The van der Waals surface area contributed by atoms with Gasteiger partial charge < -0.3 is 10.2 Å². The van der Waals surface area contributed by atoms with Crippen molar-refractivity contribution in [1.29, 1.82) is 0 Å². The summed E-state index contributed by atoms with van der Waals surface area (Å²) < 4.78 is 5.46. The average molecular weight is 207 g/mol. The molecule has 1 atom stereocenters. The topological polar surface area (TPSA) is 39.2 Å². The summed E-state index contributed by atoms with van der Waals surface area (Å²) in [5, 5.41) is 4.11. The highest BCUT2D eigenvalue weighted by Crippen LogP contribution is 2.26. The Morgan fingerprint density at radius 1 is 1.43 bits per heavy atom. The molecule has 3 heteroatoms. The van der Waals surface area contributed by atoms with Gasteiger partial charge in [0, 0.05) is 5.56 Å². The minimum Gasteiger partial charge on any atom is -0.466 e. The second kappa shape index (κ2) is 3.59. The van der Waals surface area contributed by atoms with Crippen molar-refractivity contribution in [3.63, 3.8) is 0 Å². The predicted molar refractivity (Wildman–Crippen MR) is 58.5 cm³/mol. The highest BCUT2D eigenvalue weighted by molar-refractivity contribution is 7.08. The normalized spacial score (nSPS) is 13.1. The third kappa shape index (κ3) is 1.61. The molecular weight excluding hydrogens is 194 g/mol. The van der Waals surface area contributed by atoms with Gasteiger partial charge in [-0.25, -0.2) is 0 Å². The number of hydrogen-bond donors (Lipinski definition) is 1. The van der Waals surface area contributed by atoms with Crippen LogP contribution in [0.25, 0.3) is 0 Å². The molecule has 2 heterocycles. The summed E-state index contributed by atoms with van der Waals surface area (Å²) in [6.45, 7) is 3.89. The molecule has 0 amide bonds. The van der Waals surface area contributed by atoms with E-state index in [0.717, 1.165) is 22.6 Å². The van der Waals surface area contributed by atoms with Crippen LogP contribution in [0.15, 0.2) is 27.3 Å². The Balaban J connectivity index is 2.36. The Kier molecular flexibility index (Phi) is 2.44. The molecule has 0 spiro atoms. The van der Waals surface area contributed by atoms with E-state index in [1.807, 2.05) is 25.3 Å². The lowest BCUT2D eigenvalue weighted by atomic mass is 10.0. The zero-order valence-electron chi connectivity index (χ0n) is 8.28. The quantitative estimate of drug-likeness (QED) is 0.822. The third-order valence-electron chi connectivity index (χ3n) is 2.32. The largest absolute Gasteiger partial charge is 0.466 e. The van der Waals surface area contributed by atoms with Crippen molar-refractivity contribution >= 4 is 11.3 Å². The van der Waals surface area contributed by atoms with Crippen molar-refractivity contribution < 1.29 is 4.42 Å². The maximum Gasteiger partial charge on any atom is 0.106 e. The van der Waals surface area contributed by atoms with Gasteiger partial charge in [-0.1, -0.05) is 0 Å². The van der Waals surface area contributed by atoms with Crippen LogP contribution >= 0.6 is 11.3 Å². The van der Waals surface area contributed by atoms with Gasteiger partial charge in [0.2, 0.25) is 0 Å². The van der Waals surface area contributed by atoms with Crippen molar-refractivity contribution in [1.82, 2.24) is 0 Å². The first-order valence-electron chi connectivity index (χ1n) is 4.53. The first-order valence-corrected chi connectivity index (χ1v) is 5.47. The molecule has 0 radical (unpaired) electrons. The van der Waals surface area contributed by atoms with E-state index in [0.29, 0.717) is 0 Å². The maximum absolute atomic E-state index is 6.12. The number of furan rings is 1. The summed E-state index contributed by atoms with van der Waals surface area (Å²) in [5.74, 6) is 1.84. The molecule has 2 aromatic rings. The summed E-state index contributed by atoms with van der Waals surface area (Å²) in [7, 11) is 0. The van der Waals surface area contributed by atoms with Gasteiger partial charge in [0.15, 0.2) is 0 Å². The first-order chi connectivity index (χ1) is 6.68. The number of rotatable bonds is 2. The standard InChI is InChI=1S/C11H13NOS/c1-7-5-10(8(2)13-7)11(12)9-3-4-14-6-9/h3-6,11H,12H2,1-2H3. The fraction of sp³-hybridized carbons (Fsp3) is 0.273. The van der Waals surface area contributed by atoms with E-state index < -0.39 is 0 Å². The lowest BCUT2D eigenvalue weighted by Gasteiger charge is -2.07. The van der Waals surface area contributed by atoms with Crippen molar-refractivity contribution in [3.05, 3.63) is 45.5 Å². The summed E-state index contributed by atoms with van der Waals surface area (Å²) in [6, 6.07) is 4.01. The zero-order valence-corrected chi connectivity index (χ0v) is 9.10. The molecule has 0 bridgehead atoms. The predicted octanol–water partition coefficient (Wildman–Crippen LogP) is 3.01. The fourth-order valence-corrected chi connectivity index (χ4v) is 2.29. The molecule has 14 heavy (non-hydrogen) atoms. The molecule has 2 nitrogen and oxygen atoms in total. The van der Waals surface area contributed by atoms with E-state index in [1.165, 1.54) is 0 Å². The van der Waals surface area contributed by atoms with Crippen LogP contribution in [0.4, 0.5) is 0 Å². The van der Waals surface area contributed by atoms with Gasteiger partial charge in [0.25, 0.3) is 0 Å². The van der Waals surface area contributed by atoms with Crippen LogP contribution in [-0.4, -0.2) is 0 Å². The van der Waals surface area contributed by atoms with Crippen LogP contribution in [0.5, 0.6) is 0 Å². The molecule has 2 N–H and O–H groups in total. The Bertz CT molecular complexity index is 416. The second-order valence-corrected chi connectivity index (χ2v) is 4.18. The van der Waals surface area contributed by atoms with Gasteiger partial charge in [0.1, 0.15) is 11.5 Å². The van der Waals surface area contributed by atoms with Crippen LogP contribution in [0.2, 0.25) is 0 Å². The van der Waals surface area contributed by atoms with Crippen LogP contribution in [0.3, 0.4) is 0 Å². The molecule has 0 aliphatic carbocycles. The minimum atomic E-state index is -0.0568. The van der Waals surface area contributed by atoms with E-state index in [9.17, 15) is 0 Å². The highest BCUT2D eigenvalue weighted by Gasteiger charge is 2.14. The monoisotopic (exact) mass is 207 g/mol. The van der Waals surface area contributed by atoms with Gasteiger partial charge >= 0.3 is 0 Å². The van der Waals surface area contributed by atoms with E-state index >= 15 is 0 Å². The van der Waals surface area contributed by atoms with E-state index in [4.69, 9.17) is 10.2 Å². The molecule has 0 aliphatic heterocycles. The molecular formula is C11H13NOS. The molecule has 74 valence electrons. The molecule has 0 saturated carbocycles. The van der Waals surface area contributed by atoms with Crippen molar-refractivity contribution in [2.45, 2.75) is 19.9 Å². The number of thiophene rings is 1. The molecule has 0 fully saturated rings. The van der Waals surface area contributed by atoms with Crippen LogP contribution < -0.4 is 5.73 Å². The van der Waals surface area contributed by atoms with E-state index in [1.54, 1.807) is 11.3 Å². The van der Waals surface area contributed by atoms with E-state index in [2.05, 4.69) is 11.4 Å². The van der Waals surface area contributed by atoms with Crippen LogP contribution in [-0.2, 0) is 0 Å². The minimum absolute atomic E-state index is 0.0568. The van der Waals surface area contributed by atoms with Gasteiger partial charge in [-0.05, 0) is 42.3 Å². The third-order valence-corrected chi connectivity index (χ3v) is 3.02. The Morgan fingerprint density at radius 3 is 2.71 bits per heavy atom. The Hall–Kier alpha value is -1.06. The number of nitrogens with two attached hydrogens (primary N) is 1. The Labute approximate surface area is 87.4 Å². The summed E-state index contributed by atoms with van der Waals surface area (Å²) in [4.78, 5) is 0. The number of hydrogen-bond acceptors (Lipinski definition) is 3. The lowest BCUT2D eigenvalue weighted by Crippen LogP contribution is -2.10.